The molecule has 0 bridgehead atoms. The summed E-state index contributed by atoms with van der Waals surface area (Å²) < 4.78 is 5.34. The molecule has 0 aliphatic carbocycles. The Labute approximate surface area is 153 Å². The van der Waals surface area contributed by atoms with Crippen LogP contribution in [0.25, 0.3) is 0 Å². The third-order valence-electron chi connectivity index (χ3n) is 4.75. The van der Waals surface area contributed by atoms with Gasteiger partial charge in [0.1, 0.15) is 5.56 Å². The molecule has 6 heteroatoms. The molecule has 26 heavy (non-hydrogen) atoms. The van der Waals surface area contributed by atoms with E-state index in [2.05, 4.69) is 5.16 Å². The minimum absolute atomic E-state index is 0.0184. The van der Waals surface area contributed by atoms with E-state index in [4.69, 9.17) is 4.52 Å². The van der Waals surface area contributed by atoms with E-state index in [1.807, 2.05) is 49.9 Å². The summed E-state index contributed by atoms with van der Waals surface area (Å²) in [6.45, 7) is 9.81. The van der Waals surface area contributed by atoms with Crippen LogP contribution in [-0.4, -0.2) is 52.9 Å². The molecule has 0 radical (unpaired) electrons. The number of rotatable bonds is 3. The number of hydrogen-bond acceptors (Lipinski definition) is 4. The highest BCUT2D eigenvalue weighted by Crippen LogP contribution is 2.24. The van der Waals surface area contributed by atoms with Crippen LogP contribution in [0.1, 0.15) is 57.5 Å². The Kier molecular flexibility index (Phi) is 5.11. The van der Waals surface area contributed by atoms with Crippen molar-refractivity contribution in [1.82, 2.24) is 15.0 Å². The molecule has 2 aromatic rings. The van der Waals surface area contributed by atoms with Crippen molar-refractivity contribution in [3.63, 3.8) is 0 Å². The van der Waals surface area contributed by atoms with Crippen molar-refractivity contribution < 1.29 is 14.1 Å². The number of aromatic nitrogens is 1. The van der Waals surface area contributed by atoms with Crippen molar-refractivity contribution in [2.75, 3.05) is 26.2 Å². The Hall–Kier alpha value is -2.63. The predicted molar refractivity (Wildman–Crippen MR) is 98.3 cm³/mol. The highest BCUT2D eigenvalue weighted by atomic mass is 16.5. The van der Waals surface area contributed by atoms with Crippen LogP contribution in [-0.2, 0) is 0 Å². The first-order valence-electron chi connectivity index (χ1n) is 9.00. The van der Waals surface area contributed by atoms with Gasteiger partial charge < -0.3 is 14.3 Å². The molecule has 1 aromatic heterocycles. The zero-order valence-electron chi connectivity index (χ0n) is 15.8. The maximum Gasteiger partial charge on any atom is 0.259 e. The van der Waals surface area contributed by atoms with Crippen LogP contribution < -0.4 is 0 Å². The second-order valence-electron chi connectivity index (χ2n) is 7.12. The van der Waals surface area contributed by atoms with Crippen LogP contribution in [0.3, 0.4) is 0 Å². The summed E-state index contributed by atoms with van der Waals surface area (Å²) in [7, 11) is 0. The van der Waals surface area contributed by atoms with Gasteiger partial charge in [-0.1, -0.05) is 36.7 Å². The van der Waals surface area contributed by atoms with Crippen molar-refractivity contribution >= 4 is 11.8 Å². The monoisotopic (exact) mass is 355 g/mol. The number of carbonyl (C=O) groups excluding carboxylic acids is 2. The van der Waals surface area contributed by atoms with Crippen LogP contribution in [0.4, 0.5) is 0 Å². The fraction of sp³-hybridized carbons (Fsp3) is 0.450. The summed E-state index contributed by atoms with van der Waals surface area (Å²) >= 11 is 0. The lowest BCUT2D eigenvalue weighted by Crippen LogP contribution is -2.50. The zero-order chi connectivity index (χ0) is 18.8. The Balaban J connectivity index is 1.68. The van der Waals surface area contributed by atoms with Gasteiger partial charge in [0, 0.05) is 37.7 Å². The van der Waals surface area contributed by atoms with Crippen molar-refractivity contribution in [2.24, 2.45) is 0 Å². The highest BCUT2D eigenvalue weighted by Gasteiger charge is 2.30. The molecule has 1 saturated heterocycles. The molecule has 0 spiro atoms. The molecule has 2 amide bonds. The molecule has 138 valence electrons. The topological polar surface area (TPSA) is 66.7 Å². The number of amides is 2. The van der Waals surface area contributed by atoms with E-state index in [-0.39, 0.29) is 17.7 Å². The molecule has 3 rings (SSSR count). The number of carbonyl (C=O) groups is 2. The van der Waals surface area contributed by atoms with E-state index in [9.17, 15) is 9.59 Å². The molecule has 1 aliphatic rings. The fourth-order valence-electron chi connectivity index (χ4n) is 3.27. The largest absolute Gasteiger partial charge is 0.360 e. The minimum atomic E-state index is -0.0601. The zero-order valence-corrected chi connectivity index (χ0v) is 15.8. The molecule has 0 atom stereocenters. The van der Waals surface area contributed by atoms with Gasteiger partial charge in [-0.2, -0.15) is 0 Å². The molecular formula is C20H25N3O3. The van der Waals surface area contributed by atoms with E-state index in [1.165, 1.54) is 0 Å². The summed E-state index contributed by atoms with van der Waals surface area (Å²) in [6, 6.07) is 7.60. The van der Waals surface area contributed by atoms with Gasteiger partial charge in [0.2, 0.25) is 0 Å². The van der Waals surface area contributed by atoms with E-state index >= 15 is 0 Å². The van der Waals surface area contributed by atoms with Crippen LogP contribution >= 0.6 is 0 Å². The Morgan fingerprint density at radius 1 is 1.04 bits per heavy atom. The van der Waals surface area contributed by atoms with Gasteiger partial charge in [-0.15, -0.1) is 0 Å². The van der Waals surface area contributed by atoms with Crippen LogP contribution in [0.5, 0.6) is 0 Å². The van der Waals surface area contributed by atoms with Gasteiger partial charge in [-0.25, -0.2) is 0 Å². The van der Waals surface area contributed by atoms with Crippen molar-refractivity contribution in [3.05, 3.63) is 52.4 Å². The summed E-state index contributed by atoms with van der Waals surface area (Å²) in [5, 5.41) is 3.96. The lowest BCUT2D eigenvalue weighted by atomic mass is 10.0. The van der Waals surface area contributed by atoms with Gasteiger partial charge in [-0.05, 0) is 26.0 Å². The van der Waals surface area contributed by atoms with Gasteiger partial charge in [0.05, 0.1) is 5.69 Å². The highest BCUT2D eigenvalue weighted by molar-refractivity contribution is 5.97. The van der Waals surface area contributed by atoms with Gasteiger partial charge in [0.25, 0.3) is 11.8 Å². The average molecular weight is 355 g/mol. The van der Waals surface area contributed by atoms with E-state index in [1.54, 1.807) is 11.8 Å². The molecule has 1 fully saturated rings. The number of benzene rings is 1. The van der Waals surface area contributed by atoms with Crippen molar-refractivity contribution in [3.8, 4) is 0 Å². The fourth-order valence-corrected chi connectivity index (χ4v) is 3.27. The van der Waals surface area contributed by atoms with Gasteiger partial charge in [0.15, 0.2) is 5.76 Å². The van der Waals surface area contributed by atoms with E-state index < -0.39 is 0 Å². The number of aryl methyl sites for hydroxylation is 2. The average Bonchev–Trinajstić information content (AvgIpc) is 3.02. The predicted octanol–water partition coefficient (Wildman–Crippen LogP) is 3.01. The summed E-state index contributed by atoms with van der Waals surface area (Å²) in [5.41, 5.74) is 2.95. The Morgan fingerprint density at radius 2 is 1.65 bits per heavy atom. The normalized spacial score (nSPS) is 14.8. The molecule has 2 heterocycles. The van der Waals surface area contributed by atoms with Crippen LogP contribution in [0.15, 0.2) is 28.8 Å². The standard InChI is InChI=1S/C20H25N3O3/c1-13(2)18-17(15(4)21-26-18)20(25)23-10-8-22(9-11-23)19(24)16-7-5-6-14(3)12-16/h5-7,12-13H,8-11H2,1-4H3. The SMILES string of the molecule is Cc1cccc(C(=O)N2CCN(C(=O)c3c(C)noc3C(C)C)CC2)c1. The number of hydrogen-bond donors (Lipinski definition) is 0. The second kappa shape index (κ2) is 7.32. The molecule has 0 saturated carbocycles. The summed E-state index contributed by atoms with van der Waals surface area (Å²) in [5.74, 6) is 0.685. The van der Waals surface area contributed by atoms with Crippen LogP contribution in [0.2, 0.25) is 0 Å². The van der Waals surface area contributed by atoms with Crippen molar-refractivity contribution in [1.29, 1.82) is 0 Å². The van der Waals surface area contributed by atoms with E-state index in [0.717, 1.165) is 5.56 Å². The summed E-state index contributed by atoms with van der Waals surface area (Å²) in [4.78, 5) is 29.2. The first kappa shape index (κ1) is 18.2. The van der Waals surface area contributed by atoms with Crippen LogP contribution in [0, 0.1) is 13.8 Å². The van der Waals surface area contributed by atoms with Gasteiger partial charge in [-0.3, -0.25) is 9.59 Å². The third-order valence-corrected chi connectivity index (χ3v) is 4.75. The third kappa shape index (κ3) is 3.49. The molecule has 1 aromatic carbocycles. The van der Waals surface area contributed by atoms with Gasteiger partial charge >= 0.3 is 0 Å². The summed E-state index contributed by atoms with van der Waals surface area (Å²) in [6.07, 6.45) is 0. The quantitative estimate of drug-likeness (QED) is 0.849. The molecule has 0 unspecified atom stereocenters. The smallest absolute Gasteiger partial charge is 0.259 e. The Morgan fingerprint density at radius 3 is 2.23 bits per heavy atom. The molecule has 0 N–H and O–H groups in total. The second-order valence-corrected chi connectivity index (χ2v) is 7.12. The lowest BCUT2D eigenvalue weighted by Gasteiger charge is -2.35. The lowest BCUT2D eigenvalue weighted by molar-refractivity contribution is 0.0533. The van der Waals surface area contributed by atoms with E-state index in [0.29, 0.717) is 48.8 Å². The number of piperazine rings is 1. The minimum Gasteiger partial charge on any atom is -0.360 e. The maximum absolute atomic E-state index is 12.9. The Bertz CT molecular complexity index is 817. The first-order chi connectivity index (χ1) is 12.4. The van der Waals surface area contributed by atoms with Crippen molar-refractivity contribution in [2.45, 2.75) is 33.6 Å². The number of nitrogens with zero attached hydrogens (tertiary/aromatic N) is 3. The molecule has 1 aliphatic heterocycles. The maximum atomic E-state index is 12.9. The first-order valence-corrected chi connectivity index (χ1v) is 9.00. The molecular weight excluding hydrogens is 330 g/mol. The molecule has 6 nitrogen and oxygen atoms in total.